The SMILES string of the molecule is Cc1nccc(COc2ccccc2)n1. The summed E-state index contributed by atoms with van der Waals surface area (Å²) in [5.74, 6) is 1.62. The number of aryl methyl sites for hydroxylation is 1. The average molecular weight is 200 g/mol. The number of hydrogen-bond acceptors (Lipinski definition) is 3. The lowest BCUT2D eigenvalue weighted by Gasteiger charge is -2.05. The number of ether oxygens (including phenoxy) is 1. The van der Waals surface area contributed by atoms with Crippen LogP contribution in [0.4, 0.5) is 0 Å². The third kappa shape index (κ3) is 2.77. The Balaban J connectivity index is 1.99. The molecule has 0 aliphatic rings. The van der Waals surface area contributed by atoms with Crippen molar-refractivity contribution in [2.75, 3.05) is 0 Å². The van der Waals surface area contributed by atoms with E-state index >= 15 is 0 Å². The predicted octanol–water partition coefficient (Wildman–Crippen LogP) is 2.36. The highest BCUT2D eigenvalue weighted by Crippen LogP contribution is 2.10. The number of nitrogens with zero attached hydrogens (tertiary/aromatic N) is 2. The van der Waals surface area contributed by atoms with Crippen LogP contribution in [0.5, 0.6) is 5.75 Å². The summed E-state index contributed by atoms with van der Waals surface area (Å²) >= 11 is 0. The Morgan fingerprint density at radius 2 is 1.93 bits per heavy atom. The first-order chi connectivity index (χ1) is 7.34. The lowest BCUT2D eigenvalue weighted by molar-refractivity contribution is 0.301. The van der Waals surface area contributed by atoms with E-state index in [4.69, 9.17) is 4.74 Å². The molecule has 0 N–H and O–H groups in total. The molecule has 2 rings (SSSR count). The summed E-state index contributed by atoms with van der Waals surface area (Å²) in [7, 11) is 0. The number of benzene rings is 1. The standard InChI is InChI=1S/C12H12N2O/c1-10-13-8-7-11(14-10)9-15-12-5-3-2-4-6-12/h2-8H,9H2,1H3. The van der Waals surface area contributed by atoms with Crippen LogP contribution in [0.3, 0.4) is 0 Å². The van der Waals surface area contributed by atoms with Crippen molar-refractivity contribution in [2.45, 2.75) is 13.5 Å². The molecule has 0 saturated carbocycles. The van der Waals surface area contributed by atoms with Crippen molar-refractivity contribution in [3.63, 3.8) is 0 Å². The zero-order valence-electron chi connectivity index (χ0n) is 8.55. The van der Waals surface area contributed by atoms with Crippen LogP contribution in [0.1, 0.15) is 11.5 Å². The van der Waals surface area contributed by atoms with Crippen molar-refractivity contribution in [1.29, 1.82) is 0 Å². The average Bonchev–Trinajstić information content (AvgIpc) is 2.28. The quantitative estimate of drug-likeness (QED) is 0.762. The van der Waals surface area contributed by atoms with Crippen LogP contribution in [0.25, 0.3) is 0 Å². The number of aromatic nitrogens is 2. The molecule has 0 unspecified atom stereocenters. The Morgan fingerprint density at radius 1 is 1.13 bits per heavy atom. The van der Waals surface area contributed by atoms with Gasteiger partial charge in [-0.1, -0.05) is 18.2 Å². The fraction of sp³-hybridized carbons (Fsp3) is 0.167. The first-order valence-electron chi connectivity index (χ1n) is 4.81. The van der Waals surface area contributed by atoms with E-state index in [1.165, 1.54) is 0 Å². The van der Waals surface area contributed by atoms with Gasteiger partial charge in [-0.25, -0.2) is 9.97 Å². The van der Waals surface area contributed by atoms with E-state index in [0.717, 1.165) is 17.3 Å². The summed E-state index contributed by atoms with van der Waals surface area (Å²) in [6.07, 6.45) is 1.74. The molecule has 0 aliphatic heterocycles. The summed E-state index contributed by atoms with van der Waals surface area (Å²) in [6.45, 7) is 2.35. The number of para-hydroxylation sites is 1. The first-order valence-corrected chi connectivity index (χ1v) is 4.81. The summed E-state index contributed by atoms with van der Waals surface area (Å²) < 4.78 is 5.56. The molecule has 76 valence electrons. The van der Waals surface area contributed by atoms with Gasteiger partial charge in [-0.15, -0.1) is 0 Å². The largest absolute Gasteiger partial charge is 0.487 e. The van der Waals surface area contributed by atoms with Gasteiger partial charge in [-0.2, -0.15) is 0 Å². The van der Waals surface area contributed by atoms with E-state index in [2.05, 4.69) is 9.97 Å². The highest BCUT2D eigenvalue weighted by molar-refractivity contribution is 5.21. The molecule has 0 aliphatic carbocycles. The molecule has 1 heterocycles. The first kappa shape index (κ1) is 9.65. The second kappa shape index (κ2) is 4.55. The molecule has 15 heavy (non-hydrogen) atoms. The molecule has 3 nitrogen and oxygen atoms in total. The highest BCUT2D eigenvalue weighted by Gasteiger charge is 1.96. The van der Waals surface area contributed by atoms with Crippen molar-refractivity contribution < 1.29 is 4.74 Å². The van der Waals surface area contributed by atoms with Gasteiger partial charge in [-0.3, -0.25) is 0 Å². The number of hydrogen-bond donors (Lipinski definition) is 0. The molecule has 0 bridgehead atoms. The molecule has 0 spiro atoms. The zero-order chi connectivity index (χ0) is 10.5. The van der Waals surface area contributed by atoms with Crippen molar-refractivity contribution >= 4 is 0 Å². The summed E-state index contributed by atoms with van der Waals surface area (Å²) in [5.41, 5.74) is 0.895. The molecule has 2 aromatic rings. The maximum atomic E-state index is 5.56. The predicted molar refractivity (Wildman–Crippen MR) is 57.5 cm³/mol. The normalized spacial score (nSPS) is 9.93. The summed E-state index contributed by atoms with van der Waals surface area (Å²) in [5, 5.41) is 0. The van der Waals surface area contributed by atoms with E-state index in [-0.39, 0.29) is 0 Å². The molecular weight excluding hydrogens is 188 g/mol. The minimum absolute atomic E-state index is 0.480. The molecule has 0 amide bonds. The Labute approximate surface area is 88.8 Å². The van der Waals surface area contributed by atoms with E-state index in [9.17, 15) is 0 Å². The van der Waals surface area contributed by atoms with Crippen LogP contribution >= 0.6 is 0 Å². The van der Waals surface area contributed by atoms with Crippen molar-refractivity contribution in [2.24, 2.45) is 0 Å². The highest BCUT2D eigenvalue weighted by atomic mass is 16.5. The lowest BCUT2D eigenvalue weighted by atomic mass is 10.3. The minimum atomic E-state index is 0.480. The van der Waals surface area contributed by atoms with Crippen LogP contribution in [-0.4, -0.2) is 9.97 Å². The Hall–Kier alpha value is -1.90. The van der Waals surface area contributed by atoms with E-state index < -0.39 is 0 Å². The second-order valence-corrected chi connectivity index (χ2v) is 3.20. The van der Waals surface area contributed by atoms with Crippen molar-refractivity contribution in [1.82, 2.24) is 9.97 Å². The van der Waals surface area contributed by atoms with Crippen LogP contribution < -0.4 is 4.74 Å². The van der Waals surface area contributed by atoms with E-state index in [1.54, 1.807) is 6.20 Å². The Kier molecular flexibility index (Phi) is 2.93. The molecule has 0 fully saturated rings. The van der Waals surface area contributed by atoms with Gasteiger partial charge in [0.25, 0.3) is 0 Å². The van der Waals surface area contributed by atoms with Crippen molar-refractivity contribution in [3.8, 4) is 5.75 Å². The lowest BCUT2D eigenvalue weighted by Crippen LogP contribution is -2.00. The molecule has 0 saturated heterocycles. The van der Waals surface area contributed by atoms with E-state index in [1.807, 2.05) is 43.3 Å². The van der Waals surface area contributed by atoms with Gasteiger partial charge in [0.2, 0.25) is 0 Å². The molecule has 0 radical (unpaired) electrons. The summed E-state index contributed by atoms with van der Waals surface area (Å²) in [4.78, 5) is 8.28. The van der Waals surface area contributed by atoms with Gasteiger partial charge in [0.1, 0.15) is 18.2 Å². The van der Waals surface area contributed by atoms with Crippen LogP contribution in [-0.2, 0) is 6.61 Å². The monoisotopic (exact) mass is 200 g/mol. The van der Waals surface area contributed by atoms with Crippen LogP contribution in [0.2, 0.25) is 0 Å². The van der Waals surface area contributed by atoms with Gasteiger partial charge in [0.15, 0.2) is 0 Å². The second-order valence-electron chi connectivity index (χ2n) is 3.20. The Morgan fingerprint density at radius 3 is 2.67 bits per heavy atom. The summed E-state index contributed by atoms with van der Waals surface area (Å²) in [6, 6.07) is 11.6. The molecule has 1 aromatic carbocycles. The minimum Gasteiger partial charge on any atom is -0.487 e. The van der Waals surface area contributed by atoms with Gasteiger partial charge in [-0.05, 0) is 25.1 Å². The van der Waals surface area contributed by atoms with Crippen LogP contribution in [0, 0.1) is 6.92 Å². The van der Waals surface area contributed by atoms with Gasteiger partial charge in [0.05, 0.1) is 5.69 Å². The fourth-order valence-corrected chi connectivity index (χ4v) is 1.26. The Bertz CT molecular complexity index is 429. The fourth-order valence-electron chi connectivity index (χ4n) is 1.26. The molecule has 0 atom stereocenters. The van der Waals surface area contributed by atoms with Crippen molar-refractivity contribution in [3.05, 3.63) is 54.1 Å². The maximum absolute atomic E-state index is 5.56. The van der Waals surface area contributed by atoms with Gasteiger partial charge >= 0.3 is 0 Å². The number of rotatable bonds is 3. The van der Waals surface area contributed by atoms with Gasteiger partial charge in [0, 0.05) is 6.20 Å². The third-order valence-corrected chi connectivity index (χ3v) is 1.96. The smallest absolute Gasteiger partial charge is 0.130 e. The molecule has 3 heteroatoms. The van der Waals surface area contributed by atoms with Crippen LogP contribution in [0.15, 0.2) is 42.6 Å². The zero-order valence-corrected chi connectivity index (χ0v) is 8.55. The maximum Gasteiger partial charge on any atom is 0.130 e. The molecular formula is C12H12N2O. The van der Waals surface area contributed by atoms with Gasteiger partial charge < -0.3 is 4.74 Å². The topological polar surface area (TPSA) is 35.0 Å². The third-order valence-electron chi connectivity index (χ3n) is 1.96. The van der Waals surface area contributed by atoms with E-state index in [0.29, 0.717) is 6.61 Å². The molecule has 1 aromatic heterocycles.